The highest BCUT2D eigenvalue weighted by molar-refractivity contribution is 7.89. The Balaban J connectivity index is 1.48. The third-order valence-corrected chi connectivity index (χ3v) is 8.56. The van der Waals surface area contributed by atoms with Crippen molar-refractivity contribution in [2.24, 2.45) is 0 Å². The summed E-state index contributed by atoms with van der Waals surface area (Å²) in [5.74, 6) is -0.453. The van der Waals surface area contributed by atoms with Crippen LogP contribution >= 0.6 is 11.6 Å². The summed E-state index contributed by atoms with van der Waals surface area (Å²) in [5, 5.41) is 1.88. The molecule has 4 aromatic rings. The Morgan fingerprint density at radius 1 is 0.971 bits per heavy atom. The highest BCUT2D eigenvalue weighted by Crippen LogP contribution is 2.35. The van der Waals surface area contributed by atoms with Crippen molar-refractivity contribution in [3.63, 3.8) is 0 Å². The topological polar surface area (TPSA) is 42.3 Å². The summed E-state index contributed by atoms with van der Waals surface area (Å²) in [7, 11) is -3.67. The molecule has 1 aliphatic rings. The van der Waals surface area contributed by atoms with Gasteiger partial charge in [-0.25, -0.2) is 12.8 Å². The van der Waals surface area contributed by atoms with Gasteiger partial charge in [0.25, 0.3) is 0 Å². The molecule has 0 atom stereocenters. The summed E-state index contributed by atoms with van der Waals surface area (Å²) in [4.78, 5) is 0.112. The van der Waals surface area contributed by atoms with Crippen molar-refractivity contribution in [1.82, 2.24) is 8.87 Å². The number of sulfonamides is 1. The van der Waals surface area contributed by atoms with Crippen LogP contribution in [0.15, 0.2) is 83.8 Å². The second-order valence-corrected chi connectivity index (χ2v) is 10.9. The first-order chi connectivity index (χ1) is 16.3. The number of halogens is 2. The molecule has 2 heterocycles. The zero-order valence-electron chi connectivity index (χ0n) is 18.7. The molecule has 0 unspecified atom stereocenters. The van der Waals surface area contributed by atoms with E-state index in [1.54, 1.807) is 0 Å². The first-order valence-corrected chi connectivity index (χ1v) is 12.9. The molecule has 0 bridgehead atoms. The lowest BCUT2D eigenvalue weighted by Crippen LogP contribution is -2.34. The van der Waals surface area contributed by atoms with Crippen LogP contribution in [0.25, 0.3) is 16.5 Å². The van der Waals surface area contributed by atoms with Gasteiger partial charge in [0.1, 0.15) is 5.82 Å². The number of fused-ring (bicyclic) bond motifs is 1. The molecule has 34 heavy (non-hydrogen) atoms. The lowest BCUT2D eigenvalue weighted by Gasteiger charge is -2.26. The van der Waals surface area contributed by atoms with Crippen molar-refractivity contribution in [2.75, 3.05) is 13.1 Å². The number of hydrogen-bond donors (Lipinski definition) is 0. The minimum atomic E-state index is -3.67. The van der Waals surface area contributed by atoms with E-state index in [9.17, 15) is 12.8 Å². The summed E-state index contributed by atoms with van der Waals surface area (Å²) in [6.45, 7) is 3.50. The average molecular weight is 495 g/mol. The van der Waals surface area contributed by atoms with Crippen molar-refractivity contribution in [2.45, 2.75) is 24.8 Å². The summed E-state index contributed by atoms with van der Waals surface area (Å²) in [6.07, 6.45) is 2.61. The molecular formula is C27H24ClFN2O2S. The van der Waals surface area contributed by atoms with Gasteiger partial charge in [-0.3, -0.25) is 0 Å². The first kappa shape index (κ1) is 22.8. The molecule has 0 fully saturated rings. The van der Waals surface area contributed by atoms with E-state index in [0.717, 1.165) is 34.3 Å². The normalized spacial score (nSPS) is 15.0. The molecule has 0 N–H and O–H groups in total. The van der Waals surface area contributed by atoms with Gasteiger partial charge in [0.2, 0.25) is 10.0 Å². The van der Waals surface area contributed by atoms with Crippen LogP contribution in [0.2, 0.25) is 5.02 Å². The molecule has 3 aromatic carbocycles. The highest BCUT2D eigenvalue weighted by Gasteiger charge is 2.28. The van der Waals surface area contributed by atoms with Gasteiger partial charge in [-0.1, -0.05) is 48.0 Å². The molecular weight excluding hydrogens is 471 g/mol. The van der Waals surface area contributed by atoms with Crippen molar-refractivity contribution in [3.8, 4) is 0 Å². The smallest absolute Gasteiger partial charge is 0.243 e. The fraction of sp³-hybridized carbons (Fsp3) is 0.185. The van der Waals surface area contributed by atoms with E-state index >= 15 is 0 Å². The molecule has 0 saturated carbocycles. The van der Waals surface area contributed by atoms with Gasteiger partial charge in [-0.2, -0.15) is 4.31 Å². The molecule has 0 aliphatic carbocycles. The summed E-state index contributed by atoms with van der Waals surface area (Å²) < 4.78 is 43.0. The maximum Gasteiger partial charge on any atom is 0.243 e. The van der Waals surface area contributed by atoms with Gasteiger partial charge in [0.05, 0.1) is 4.90 Å². The minimum absolute atomic E-state index is 0.112. The Hall–Kier alpha value is -2.93. The number of hydrogen-bond acceptors (Lipinski definition) is 2. The zero-order valence-corrected chi connectivity index (χ0v) is 20.3. The van der Waals surface area contributed by atoms with E-state index in [4.69, 9.17) is 11.6 Å². The predicted octanol–water partition coefficient (Wildman–Crippen LogP) is 6.27. The van der Waals surface area contributed by atoms with Crippen molar-refractivity contribution >= 4 is 38.1 Å². The van der Waals surface area contributed by atoms with Crippen LogP contribution in [0.5, 0.6) is 0 Å². The van der Waals surface area contributed by atoms with Crippen LogP contribution in [0.1, 0.15) is 23.2 Å². The van der Waals surface area contributed by atoms with Crippen molar-refractivity contribution in [3.05, 3.63) is 107 Å². The number of rotatable bonds is 5. The molecule has 0 radical (unpaired) electrons. The Labute approximate surface area is 203 Å². The fourth-order valence-corrected chi connectivity index (χ4v) is 6.17. The second kappa shape index (κ2) is 9.02. The molecule has 1 aromatic heterocycles. The number of benzene rings is 3. The van der Waals surface area contributed by atoms with Crippen LogP contribution < -0.4 is 0 Å². The molecule has 0 saturated heterocycles. The highest BCUT2D eigenvalue weighted by atomic mass is 35.5. The van der Waals surface area contributed by atoms with E-state index < -0.39 is 15.8 Å². The van der Waals surface area contributed by atoms with E-state index in [-0.39, 0.29) is 11.4 Å². The number of para-hydroxylation sites is 1. The predicted molar refractivity (Wildman–Crippen MR) is 135 cm³/mol. The van der Waals surface area contributed by atoms with Crippen LogP contribution in [0.3, 0.4) is 0 Å². The summed E-state index contributed by atoms with van der Waals surface area (Å²) in [6, 6.07) is 21.2. The average Bonchev–Trinajstić information content (AvgIpc) is 3.12. The molecule has 4 nitrogen and oxygen atoms in total. The van der Waals surface area contributed by atoms with Gasteiger partial charge in [0.15, 0.2) is 0 Å². The monoisotopic (exact) mass is 494 g/mol. The number of aromatic nitrogens is 1. The van der Waals surface area contributed by atoms with Gasteiger partial charge in [0, 0.05) is 46.8 Å². The zero-order chi connectivity index (χ0) is 23.9. The summed E-state index contributed by atoms with van der Waals surface area (Å²) in [5.41, 5.74) is 5.77. The van der Waals surface area contributed by atoms with Crippen molar-refractivity contribution < 1.29 is 12.8 Å². The Morgan fingerprint density at radius 2 is 1.68 bits per heavy atom. The maximum atomic E-state index is 13.3. The largest absolute Gasteiger partial charge is 0.340 e. The van der Waals surface area contributed by atoms with Crippen LogP contribution in [-0.2, 0) is 16.6 Å². The maximum absolute atomic E-state index is 13.3. The van der Waals surface area contributed by atoms with E-state index in [1.807, 2.05) is 42.5 Å². The number of nitrogens with zero attached hydrogens (tertiary/aromatic N) is 2. The standard InChI is InChI=1S/C27H24ClFN2O2S/c1-19-27(21-14-16-30(17-15-21)34(32,33)24-12-10-23(29)11-13-24)25-4-2-3-5-26(25)31(19)18-20-6-8-22(28)9-7-20/h2-14H,15-18H2,1H3. The Kier molecular flexibility index (Phi) is 6.06. The van der Waals surface area contributed by atoms with E-state index in [1.165, 1.54) is 34.1 Å². The van der Waals surface area contributed by atoms with E-state index in [2.05, 4.69) is 23.6 Å². The second-order valence-electron chi connectivity index (χ2n) is 8.49. The Morgan fingerprint density at radius 3 is 2.35 bits per heavy atom. The SMILES string of the molecule is Cc1c(C2=CCN(S(=O)(=O)c3ccc(F)cc3)CC2)c2ccccc2n1Cc1ccc(Cl)cc1. The molecule has 0 amide bonds. The quantitative estimate of drug-likeness (QED) is 0.328. The van der Waals surface area contributed by atoms with Gasteiger partial charge in [-0.15, -0.1) is 0 Å². The lowest BCUT2D eigenvalue weighted by molar-refractivity contribution is 0.441. The van der Waals surface area contributed by atoms with Crippen LogP contribution in [-0.4, -0.2) is 30.4 Å². The molecule has 174 valence electrons. The van der Waals surface area contributed by atoms with Gasteiger partial charge < -0.3 is 4.57 Å². The summed E-state index contributed by atoms with van der Waals surface area (Å²) >= 11 is 6.06. The molecule has 0 spiro atoms. The molecule has 5 rings (SSSR count). The fourth-order valence-electron chi connectivity index (χ4n) is 4.66. The third kappa shape index (κ3) is 4.17. The van der Waals surface area contributed by atoms with Crippen LogP contribution in [0, 0.1) is 12.7 Å². The van der Waals surface area contributed by atoms with Crippen LogP contribution in [0.4, 0.5) is 4.39 Å². The van der Waals surface area contributed by atoms with Gasteiger partial charge in [-0.05, 0) is 66.9 Å². The van der Waals surface area contributed by atoms with Crippen molar-refractivity contribution in [1.29, 1.82) is 0 Å². The Bertz CT molecular complexity index is 1490. The first-order valence-electron chi connectivity index (χ1n) is 11.1. The lowest BCUT2D eigenvalue weighted by atomic mass is 9.97. The third-order valence-electron chi connectivity index (χ3n) is 6.43. The molecule has 1 aliphatic heterocycles. The minimum Gasteiger partial charge on any atom is -0.340 e. The molecule has 7 heteroatoms. The van der Waals surface area contributed by atoms with E-state index in [0.29, 0.717) is 18.0 Å². The van der Waals surface area contributed by atoms with Gasteiger partial charge >= 0.3 is 0 Å².